The molecule has 0 heterocycles. The summed E-state index contributed by atoms with van der Waals surface area (Å²) in [4.78, 5) is 49.9. The second-order valence-corrected chi connectivity index (χ2v) is 11.1. The molecular formula is C27H35NO9. The van der Waals surface area contributed by atoms with Gasteiger partial charge in [0.15, 0.2) is 11.4 Å². The Bertz CT molecular complexity index is 1150. The molecular weight excluding hydrogens is 482 g/mol. The molecule has 0 aromatic heterocycles. The van der Waals surface area contributed by atoms with Crippen LogP contribution in [0.1, 0.15) is 63.1 Å². The van der Waals surface area contributed by atoms with Gasteiger partial charge in [0.05, 0.1) is 18.6 Å². The SMILES string of the molecule is CC(C)(C)COC(=O)CCc1ccc(O)c2c1C[C@H]1C[C@@H](CCO)[C@@](O)(C(=O)CC(N)=O)C(=O)C1=C2O. The van der Waals surface area contributed by atoms with Gasteiger partial charge in [-0.05, 0) is 54.2 Å². The van der Waals surface area contributed by atoms with Crippen molar-refractivity contribution in [3.05, 3.63) is 34.4 Å². The van der Waals surface area contributed by atoms with Crippen LogP contribution >= 0.6 is 0 Å². The van der Waals surface area contributed by atoms with Crippen molar-refractivity contribution in [1.29, 1.82) is 0 Å². The number of aliphatic hydroxyl groups is 3. The van der Waals surface area contributed by atoms with E-state index in [0.29, 0.717) is 11.1 Å². The Labute approximate surface area is 215 Å². The first kappa shape index (κ1) is 28.3. The molecule has 3 atom stereocenters. The van der Waals surface area contributed by atoms with Crippen LogP contribution in [0.25, 0.3) is 5.76 Å². The number of fused-ring (bicyclic) bond motifs is 2. The quantitative estimate of drug-likeness (QED) is 0.239. The summed E-state index contributed by atoms with van der Waals surface area (Å²) < 4.78 is 5.32. The van der Waals surface area contributed by atoms with Gasteiger partial charge in [-0.15, -0.1) is 0 Å². The van der Waals surface area contributed by atoms with Gasteiger partial charge in [0.1, 0.15) is 11.5 Å². The number of esters is 1. The summed E-state index contributed by atoms with van der Waals surface area (Å²) in [5, 5.41) is 42.5. The van der Waals surface area contributed by atoms with Crippen molar-refractivity contribution in [3.63, 3.8) is 0 Å². The van der Waals surface area contributed by atoms with Crippen LogP contribution in [0.5, 0.6) is 5.75 Å². The molecule has 1 saturated carbocycles. The molecule has 1 aromatic carbocycles. The summed E-state index contributed by atoms with van der Waals surface area (Å²) in [6, 6.07) is 2.99. The van der Waals surface area contributed by atoms with Crippen LogP contribution in [0, 0.1) is 17.3 Å². The van der Waals surface area contributed by atoms with E-state index in [-0.39, 0.29) is 67.0 Å². The largest absolute Gasteiger partial charge is 0.507 e. The summed E-state index contributed by atoms with van der Waals surface area (Å²) in [7, 11) is 0. The van der Waals surface area contributed by atoms with Crippen LogP contribution in [-0.4, -0.2) is 62.7 Å². The van der Waals surface area contributed by atoms with Crippen LogP contribution in [0.2, 0.25) is 0 Å². The molecule has 2 aliphatic rings. The maximum atomic E-state index is 13.5. The van der Waals surface area contributed by atoms with Crippen molar-refractivity contribution < 1.29 is 44.3 Å². The number of aromatic hydroxyl groups is 1. The first-order valence-electron chi connectivity index (χ1n) is 12.3. The normalized spacial score (nSPS) is 23.3. The minimum absolute atomic E-state index is 0.00506. The van der Waals surface area contributed by atoms with E-state index in [0.717, 1.165) is 0 Å². The molecule has 10 heteroatoms. The number of aliphatic hydroxyl groups excluding tert-OH is 2. The third-order valence-electron chi connectivity index (χ3n) is 6.99. The molecule has 2 aliphatic carbocycles. The zero-order valence-corrected chi connectivity index (χ0v) is 21.4. The lowest BCUT2D eigenvalue weighted by Crippen LogP contribution is -2.59. The third-order valence-corrected chi connectivity index (χ3v) is 6.99. The number of nitrogens with two attached hydrogens (primary N) is 1. The van der Waals surface area contributed by atoms with E-state index < -0.39 is 53.7 Å². The number of ether oxygens (including phenoxy) is 1. The number of primary amides is 1. The molecule has 10 nitrogen and oxygen atoms in total. The van der Waals surface area contributed by atoms with Crippen LogP contribution in [0.15, 0.2) is 17.7 Å². The zero-order valence-electron chi connectivity index (χ0n) is 21.4. The van der Waals surface area contributed by atoms with Gasteiger partial charge in [0.2, 0.25) is 11.7 Å². The summed E-state index contributed by atoms with van der Waals surface area (Å²) in [6.45, 7) is 5.69. The number of carbonyl (C=O) groups is 4. The molecule has 0 spiro atoms. The number of phenolic OH excluding ortho intramolecular Hbond substituents is 1. The molecule has 0 radical (unpaired) electrons. The van der Waals surface area contributed by atoms with E-state index in [4.69, 9.17) is 10.5 Å². The Kier molecular flexibility index (Phi) is 8.14. The van der Waals surface area contributed by atoms with Crippen molar-refractivity contribution in [2.24, 2.45) is 23.0 Å². The molecule has 6 N–H and O–H groups in total. The molecule has 0 bridgehead atoms. The van der Waals surface area contributed by atoms with Gasteiger partial charge in [0.25, 0.3) is 0 Å². The first-order valence-corrected chi connectivity index (χ1v) is 12.3. The van der Waals surface area contributed by atoms with E-state index in [1.165, 1.54) is 6.07 Å². The highest BCUT2D eigenvalue weighted by Crippen LogP contribution is 2.49. The van der Waals surface area contributed by atoms with E-state index >= 15 is 0 Å². The lowest BCUT2D eigenvalue weighted by atomic mass is 9.61. The average Bonchev–Trinajstić information content (AvgIpc) is 2.79. The minimum atomic E-state index is -2.64. The fraction of sp³-hybridized carbons (Fsp3) is 0.556. The highest BCUT2D eigenvalue weighted by atomic mass is 16.5. The molecule has 0 aliphatic heterocycles. The van der Waals surface area contributed by atoms with Crippen LogP contribution < -0.4 is 5.73 Å². The second-order valence-electron chi connectivity index (χ2n) is 11.1. The van der Waals surface area contributed by atoms with Crippen molar-refractivity contribution in [3.8, 4) is 5.75 Å². The fourth-order valence-electron chi connectivity index (χ4n) is 5.22. The Morgan fingerprint density at radius 1 is 1.19 bits per heavy atom. The maximum absolute atomic E-state index is 13.5. The summed E-state index contributed by atoms with van der Waals surface area (Å²) >= 11 is 0. The van der Waals surface area contributed by atoms with Gasteiger partial charge < -0.3 is 30.9 Å². The van der Waals surface area contributed by atoms with Gasteiger partial charge in [-0.1, -0.05) is 26.8 Å². The monoisotopic (exact) mass is 517 g/mol. The number of Topliss-reactive ketones (excluding diaryl/α,β-unsaturated/α-hetero) is 2. The number of amides is 1. The predicted molar refractivity (Wildman–Crippen MR) is 132 cm³/mol. The van der Waals surface area contributed by atoms with E-state index in [1.54, 1.807) is 6.07 Å². The number of ketones is 2. The number of phenols is 1. The Morgan fingerprint density at radius 2 is 1.86 bits per heavy atom. The van der Waals surface area contributed by atoms with Gasteiger partial charge >= 0.3 is 5.97 Å². The summed E-state index contributed by atoms with van der Waals surface area (Å²) in [5.74, 6) is -6.05. The maximum Gasteiger partial charge on any atom is 0.306 e. The number of carbonyl (C=O) groups excluding carboxylic acids is 4. The van der Waals surface area contributed by atoms with Gasteiger partial charge in [0, 0.05) is 24.5 Å². The number of aryl methyl sites for hydroxylation is 1. The fourth-order valence-corrected chi connectivity index (χ4v) is 5.22. The van der Waals surface area contributed by atoms with Crippen molar-refractivity contribution in [2.75, 3.05) is 13.2 Å². The van der Waals surface area contributed by atoms with E-state index in [1.807, 2.05) is 20.8 Å². The van der Waals surface area contributed by atoms with Crippen LogP contribution in [-0.2, 0) is 36.8 Å². The Hall–Kier alpha value is -3.24. The van der Waals surface area contributed by atoms with Crippen molar-refractivity contribution >= 4 is 29.2 Å². The lowest BCUT2D eigenvalue weighted by molar-refractivity contribution is -0.160. The van der Waals surface area contributed by atoms with Crippen molar-refractivity contribution in [1.82, 2.24) is 0 Å². The smallest absolute Gasteiger partial charge is 0.306 e. The van der Waals surface area contributed by atoms with Gasteiger partial charge in [-0.25, -0.2) is 0 Å². The average molecular weight is 518 g/mol. The van der Waals surface area contributed by atoms with E-state index in [2.05, 4.69) is 0 Å². The van der Waals surface area contributed by atoms with E-state index in [9.17, 15) is 39.6 Å². The first-order chi connectivity index (χ1) is 17.2. The summed E-state index contributed by atoms with van der Waals surface area (Å²) in [5.41, 5.74) is 3.33. The number of hydrogen-bond donors (Lipinski definition) is 5. The molecule has 0 saturated heterocycles. The third kappa shape index (κ3) is 5.70. The van der Waals surface area contributed by atoms with Crippen molar-refractivity contribution in [2.45, 2.75) is 64.9 Å². The minimum Gasteiger partial charge on any atom is -0.507 e. The Morgan fingerprint density at radius 3 is 2.46 bits per heavy atom. The second kappa shape index (κ2) is 10.6. The number of benzene rings is 1. The number of hydrogen-bond acceptors (Lipinski definition) is 9. The lowest BCUT2D eigenvalue weighted by Gasteiger charge is -2.43. The molecule has 202 valence electrons. The highest BCUT2D eigenvalue weighted by molar-refractivity contribution is 6.23. The zero-order chi connectivity index (χ0) is 27.7. The van der Waals surface area contributed by atoms with Gasteiger partial charge in [-0.2, -0.15) is 0 Å². The van der Waals surface area contributed by atoms with Gasteiger partial charge in [-0.3, -0.25) is 19.2 Å². The molecule has 1 aromatic rings. The molecule has 3 rings (SSSR count). The van der Waals surface area contributed by atoms with Crippen LogP contribution in [0.4, 0.5) is 0 Å². The Balaban J connectivity index is 1.98. The molecule has 1 amide bonds. The predicted octanol–water partition coefficient (Wildman–Crippen LogP) is 1.50. The highest BCUT2D eigenvalue weighted by Gasteiger charge is 2.57. The van der Waals surface area contributed by atoms with Crippen LogP contribution in [0.3, 0.4) is 0 Å². The number of rotatable bonds is 9. The topological polar surface area (TPSA) is 184 Å². The summed E-state index contributed by atoms with van der Waals surface area (Å²) in [6.07, 6.45) is -0.354. The molecule has 37 heavy (non-hydrogen) atoms. The molecule has 1 fully saturated rings. The molecule has 0 unspecified atom stereocenters. The standard InChI is InChI=1S/C27H35NO9/c1-26(2,3)13-37-21(33)7-5-14-4-6-18(30)23-17(14)11-15-10-16(8-9-29)27(36,19(31)12-20(28)32)25(35)22(15)24(23)34/h4,6,15-16,29-30,34,36H,5,7-13H2,1-3H3,(H2,28,32)/t15-,16-,27-/m1/s1.